The Kier molecular flexibility index (Phi) is 3.61. The molecule has 1 unspecified atom stereocenters. The van der Waals surface area contributed by atoms with Crippen LogP contribution in [0.25, 0.3) is 0 Å². The minimum Gasteiger partial charge on any atom is -0.368 e. The summed E-state index contributed by atoms with van der Waals surface area (Å²) < 4.78 is 0. The highest BCUT2D eigenvalue weighted by molar-refractivity contribution is 5.90. The highest BCUT2D eigenvalue weighted by atomic mass is 16.2. The van der Waals surface area contributed by atoms with Crippen LogP contribution in [0.3, 0.4) is 0 Å². The molecule has 18 heavy (non-hydrogen) atoms. The maximum atomic E-state index is 12.6. The van der Waals surface area contributed by atoms with E-state index in [1.165, 1.54) is 0 Å². The molecule has 2 aliphatic rings. The number of amides is 2. The monoisotopic (exact) mass is 253 g/mol. The van der Waals surface area contributed by atoms with Crippen LogP contribution in [-0.4, -0.2) is 34.8 Å². The van der Waals surface area contributed by atoms with E-state index in [0.29, 0.717) is 0 Å². The molecule has 0 spiro atoms. The average molecular weight is 253 g/mol. The van der Waals surface area contributed by atoms with Crippen molar-refractivity contribution in [3.63, 3.8) is 0 Å². The topological polar surface area (TPSA) is 89.4 Å². The molecule has 5 nitrogen and oxygen atoms in total. The van der Waals surface area contributed by atoms with Gasteiger partial charge in [-0.05, 0) is 38.5 Å². The molecule has 4 N–H and O–H groups in total. The van der Waals surface area contributed by atoms with E-state index in [1.807, 2.05) is 0 Å². The van der Waals surface area contributed by atoms with Gasteiger partial charge in [0.1, 0.15) is 0 Å². The van der Waals surface area contributed by atoms with Gasteiger partial charge in [-0.25, -0.2) is 0 Å². The molecule has 0 saturated heterocycles. The minimum atomic E-state index is -0.835. The molecular weight excluding hydrogens is 230 g/mol. The van der Waals surface area contributed by atoms with Gasteiger partial charge in [-0.15, -0.1) is 0 Å². The molecule has 2 rings (SSSR count). The molecule has 5 heteroatoms. The number of nitrogens with two attached hydrogens (primary N) is 2. The summed E-state index contributed by atoms with van der Waals surface area (Å²) in [5, 5.41) is 0. The van der Waals surface area contributed by atoms with Crippen molar-refractivity contribution >= 4 is 11.8 Å². The molecule has 2 amide bonds. The van der Waals surface area contributed by atoms with Crippen molar-refractivity contribution in [2.24, 2.45) is 17.4 Å². The van der Waals surface area contributed by atoms with E-state index in [4.69, 9.17) is 11.5 Å². The molecule has 1 atom stereocenters. The van der Waals surface area contributed by atoms with Crippen molar-refractivity contribution in [1.82, 2.24) is 4.90 Å². The molecule has 2 aliphatic carbocycles. The van der Waals surface area contributed by atoms with Gasteiger partial charge in [0.2, 0.25) is 11.8 Å². The fourth-order valence-corrected chi connectivity index (χ4v) is 2.92. The van der Waals surface area contributed by atoms with E-state index in [0.717, 1.165) is 38.5 Å². The fraction of sp³-hybridized carbons (Fsp3) is 0.846. The lowest BCUT2D eigenvalue weighted by atomic mass is 9.94. The van der Waals surface area contributed by atoms with Gasteiger partial charge in [0.15, 0.2) is 0 Å². The van der Waals surface area contributed by atoms with Crippen LogP contribution in [0.4, 0.5) is 0 Å². The van der Waals surface area contributed by atoms with Gasteiger partial charge in [-0.2, -0.15) is 0 Å². The van der Waals surface area contributed by atoms with Crippen LogP contribution >= 0.6 is 0 Å². The minimum absolute atomic E-state index is 0.00299. The third-order valence-corrected chi connectivity index (χ3v) is 4.24. The molecular formula is C13H23N3O2. The van der Waals surface area contributed by atoms with Crippen molar-refractivity contribution in [3.8, 4) is 0 Å². The second-order valence-corrected chi connectivity index (χ2v) is 5.89. The molecule has 0 bridgehead atoms. The van der Waals surface area contributed by atoms with Crippen LogP contribution in [0.2, 0.25) is 0 Å². The summed E-state index contributed by atoms with van der Waals surface area (Å²) in [5.74, 6) is -0.292. The van der Waals surface area contributed by atoms with E-state index >= 15 is 0 Å². The normalized spacial score (nSPS) is 23.7. The molecule has 0 aromatic carbocycles. The number of carbonyl (C=O) groups excluding carboxylic acids is 2. The number of primary amides is 1. The van der Waals surface area contributed by atoms with Crippen LogP contribution in [0, 0.1) is 5.92 Å². The summed E-state index contributed by atoms with van der Waals surface area (Å²) >= 11 is 0. The zero-order valence-corrected chi connectivity index (χ0v) is 11.0. The number of hydrogen-bond acceptors (Lipinski definition) is 3. The molecule has 0 aromatic rings. The zero-order valence-electron chi connectivity index (χ0n) is 11.0. The molecule has 0 aliphatic heterocycles. The first-order chi connectivity index (χ1) is 8.43. The van der Waals surface area contributed by atoms with Gasteiger partial charge in [-0.3, -0.25) is 9.59 Å². The van der Waals surface area contributed by atoms with E-state index in [1.54, 1.807) is 11.8 Å². The highest BCUT2D eigenvalue weighted by Gasteiger charge is 2.47. The third kappa shape index (κ3) is 2.66. The maximum Gasteiger partial charge on any atom is 0.243 e. The first kappa shape index (κ1) is 13.3. The van der Waals surface area contributed by atoms with Crippen molar-refractivity contribution in [3.05, 3.63) is 0 Å². The molecule has 0 radical (unpaired) electrons. The Labute approximate surface area is 108 Å². The van der Waals surface area contributed by atoms with Gasteiger partial charge in [0.05, 0.1) is 12.1 Å². The average Bonchev–Trinajstić information content (AvgIpc) is 3.03. The molecule has 0 aromatic heterocycles. The van der Waals surface area contributed by atoms with E-state index < -0.39 is 11.4 Å². The van der Waals surface area contributed by atoms with Crippen molar-refractivity contribution in [1.29, 1.82) is 0 Å². The van der Waals surface area contributed by atoms with E-state index in [-0.39, 0.29) is 24.4 Å². The Morgan fingerprint density at radius 2 is 1.78 bits per heavy atom. The predicted molar refractivity (Wildman–Crippen MR) is 68.5 cm³/mol. The highest BCUT2D eigenvalue weighted by Crippen LogP contribution is 2.39. The smallest absolute Gasteiger partial charge is 0.243 e. The zero-order chi connectivity index (χ0) is 13.3. The lowest BCUT2D eigenvalue weighted by Crippen LogP contribution is -2.58. The maximum absolute atomic E-state index is 12.6. The lowest BCUT2D eigenvalue weighted by molar-refractivity contribution is -0.142. The summed E-state index contributed by atoms with van der Waals surface area (Å²) in [6, 6.07) is 0.145. The Bertz CT molecular complexity index is 344. The van der Waals surface area contributed by atoms with Crippen molar-refractivity contribution < 1.29 is 9.59 Å². The summed E-state index contributed by atoms with van der Waals surface area (Å²) in [7, 11) is 0. The first-order valence-electron chi connectivity index (χ1n) is 6.81. The quantitative estimate of drug-likeness (QED) is 0.741. The van der Waals surface area contributed by atoms with Crippen LogP contribution in [0.1, 0.15) is 45.4 Å². The lowest BCUT2D eigenvalue weighted by Gasteiger charge is -2.35. The van der Waals surface area contributed by atoms with Crippen LogP contribution in [-0.2, 0) is 9.59 Å². The van der Waals surface area contributed by atoms with Crippen molar-refractivity contribution in [2.75, 3.05) is 6.54 Å². The number of rotatable bonds is 5. The number of carbonyl (C=O) groups is 2. The second kappa shape index (κ2) is 4.88. The van der Waals surface area contributed by atoms with Gasteiger partial charge in [-0.1, -0.05) is 12.8 Å². The van der Waals surface area contributed by atoms with E-state index in [9.17, 15) is 9.59 Å². The summed E-state index contributed by atoms with van der Waals surface area (Å²) in [6.45, 7) is 1.79. The van der Waals surface area contributed by atoms with Gasteiger partial charge < -0.3 is 16.4 Å². The van der Waals surface area contributed by atoms with Crippen LogP contribution in [0.15, 0.2) is 0 Å². The first-order valence-corrected chi connectivity index (χ1v) is 6.81. The molecule has 0 heterocycles. The SMILES string of the molecule is CC(N)(C(=O)N(CC(N)=O)C1CCCC1)C1CC1. The molecule has 102 valence electrons. The number of hydrogen-bond donors (Lipinski definition) is 2. The standard InChI is InChI=1S/C13H23N3O2/c1-13(15,9-6-7-9)12(18)16(8-11(14)17)10-4-2-3-5-10/h9-10H,2-8,15H2,1H3,(H2,14,17). The van der Waals surface area contributed by atoms with Crippen LogP contribution in [0.5, 0.6) is 0 Å². The van der Waals surface area contributed by atoms with Crippen molar-refractivity contribution in [2.45, 2.75) is 57.0 Å². The summed E-state index contributed by atoms with van der Waals surface area (Å²) in [5.41, 5.74) is 10.6. The Hall–Kier alpha value is -1.10. The summed E-state index contributed by atoms with van der Waals surface area (Å²) in [6.07, 6.45) is 6.15. The molecule has 2 fully saturated rings. The Balaban J connectivity index is 2.11. The summed E-state index contributed by atoms with van der Waals surface area (Å²) in [4.78, 5) is 25.4. The van der Waals surface area contributed by atoms with E-state index in [2.05, 4.69) is 0 Å². The van der Waals surface area contributed by atoms with Gasteiger partial charge in [0.25, 0.3) is 0 Å². The Morgan fingerprint density at radius 3 is 2.22 bits per heavy atom. The number of nitrogens with zero attached hydrogens (tertiary/aromatic N) is 1. The molecule has 2 saturated carbocycles. The predicted octanol–water partition coefficient (Wildman–Crippen LogP) is 0.370. The fourth-order valence-electron chi connectivity index (χ4n) is 2.92. The Morgan fingerprint density at radius 1 is 1.22 bits per heavy atom. The van der Waals surface area contributed by atoms with Gasteiger partial charge in [0, 0.05) is 6.04 Å². The largest absolute Gasteiger partial charge is 0.368 e. The van der Waals surface area contributed by atoms with Crippen LogP contribution < -0.4 is 11.5 Å². The second-order valence-electron chi connectivity index (χ2n) is 5.89. The third-order valence-electron chi connectivity index (χ3n) is 4.24. The van der Waals surface area contributed by atoms with Gasteiger partial charge >= 0.3 is 0 Å².